The average molecular weight is 261 g/mol. The molecule has 1 atom stereocenters. The van der Waals surface area contributed by atoms with Crippen LogP contribution in [0, 0.1) is 0 Å². The van der Waals surface area contributed by atoms with Crippen LogP contribution in [0.4, 0.5) is 0 Å². The number of fused-ring (bicyclic) bond motifs is 1. The lowest BCUT2D eigenvalue weighted by Gasteiger charge is -2.10. The van der Waals surface area contributed by atoms with Crippen LogP contribution in [0.3, 0.4) is 0 Å². The molecule has 1 aliphatic rings. The van der Waals surface area contributed by atoms with E-state index in [4.69, 9.17) is 5.73 Å². The molecule has 2 aromatic rings. The standard InChI is InChI=1S/C14H19N3S/c1-2-17-7-6-16-14(17)9-11(15)13-8-10-4-3-5-12(10)18-13/h6-8,11H,2-5,9,15H2,1H3. The first kappa shape index (κ1) is 11.9. The van der Waals surface area contributed by atoms with E-state index < -0.39 is 0 Å². The van der Waals surface area contributed by atoms with Crippen LogP contribution in [0.5, 0.6) is 0 Å². The molecule has 0 fully saturated rings. The first-order chi connectivity index (χ1) is 8.78. The Morgan fingerprint density at radius 2 is 2.39 bits per heavy atom. The molecule has 0 amide bonds. The molecule has 2 aromatic heterocycles. The molecule has 1 aliphatic carbocycles. The van der Waals surface area contributed by atoms with Gasteiger partial charge in [-0.1, -0.05) is 0 Å². The zero-order chi connectivity index (χ0) is 12.5. The Labute approximate surface area is 112 Å². The summed E-state index contributed by atoms with van der Waals surface area (Å²) in [4.78, 5) is 7.28. The quantitative estimate of drug-likeness (QED) is 0.919. The maximum absolute atomic E-state index is 6.33. The van der Waals surface area contributed by atoms with E-state index in [-0.39, 0.29) is 6.04 Å². The number of hydrogen-bond donors (Lipinski definition) is 1. The van der Waals surface area contributed by atoms with Gasteiger partial charge in [0.1, 0.15) is 5.82 Å². The van der Waals surface area contributed by atoms with E-state index in [1.54, 1.807) is 4.88 Å². The summed E-state index contributed by atoms with van der Waals surface area (Å²) in [5.41, 5.74) is 7.86. The number of hydrogen-bond acceptors (Lipinski definition) is 3. The molecule has 0 saturated heterocycles. The largest absolute Gasteiger partial charge is 0.335 e. The van der Waals surface area contributed by atoms with Crippen molar-refractivity contribution in [3.8, 4) is 0 Å². The van der Waals surface area contributed by atoms with Crippen LogP contribution in [-0.4, -0.2) is 9.55 Å². The maximum Gasteiger partial charge on any atom is 0.110 e. The van der Waals surface area contributed by atoms with Gasteiger partial charge in [0.05, 0.1) is 0 Å². The van der Waals surface area contributed by atoms with Crippen LogP contribution in [0.25, 0.3) is 0 Å². The molecule has 1 unspecified atom stereocenters. The van der Waals surface area contributed by atoms with E-state index >= 15 is 0 Å². The van der Waals surface area contributed by atoms with Gasteiger partial charge in [-0.3, -0.25) is 0 Å². The first-order valence-electron chi connectivity index (χ1n) is 6.65. The van der Waals surface area contributed by atoms with Gasteiger partial charge in [0.25, 0.3) is 0 Å². The molecule has 0 saturated carbocycles. The summed E-state index contributed by atoms with van der Waals surface area (Å²) in [7, 11) is 0. The molecular weight excluding hydrogens is 242 g/mol. The van der Waals surface area contributed by atoms with E-state index in [2.05, 4.69) is 22.5 Å². The van der Waals surface area contributed by atoms with Gasteiger partial charge in [-0.05, 0) is 37.8 Å². The summed E-state index contributed by atoms with van der Waals surface area (Å²) in [6.45, 7) is 3.10. The highest BCUT2D eigenvalue weighted by Gasteiger charge is 2.19. The van der Waals surface area contributed by atoms with Crippen molar-refractivity contribution in [2.45, 2.75) is 45.2 Å². The maximum atomic E-state index is 6.33. The van der Waals surface area contributed by atoms with Gasteiger partial charge >= 0.3 is 0 Å². The molecular formula is C14H19N3S. The molecule has 0 spiro atoms. The summed E-state index contributed by atoms with van der Waals surface area (Å²) in [5, 5.41) is 0. The van der Waals surface area contributed by atoms with Crippen LogP contribution in [-0.2, 0) is 25.8 Å². The molecule has 3 nitrogen and oxygen atoms in total. The van der Waals surface area contributed by atoms with E-state index in [1.807, 2.05) is 23.7 Å². The highest BCUT2D eigenvalue weighted by atomic mass is 32.1. The van der Waals surface area contributed by atoms with Crippen LogP contribution >= 0.6 is 11.3 Å². The van der Waals surface area contributed by atoms with Gasteiger partial charge in [-0.15, -0.1) is 11.3 Å². The van der Waals surface area contributed by atoms with Crippen molar-refractivity contribution in [1.29, 1.82) is 0 Å². The van der Waals surface area contributed by atoms with Crippen LogP contribution in [0.1, 0.15) is 40.5 Å². The highest BCUT2D eigenvalue weighted by Crippen LogP contribution is 2.33. The van der Waals surface area contributed by atoms with Gasteiger partial charge in [-0.2, -0.15) is 0 Å². The topological polar surface area (TPSA) is 43.8 Å². The monoisotopic (exact) mass is 261 g/mol. The zero-order valence-corrected chi connectivity index (χ0v) is 11.5. The zero-order valence-electron chi connectivity index (χ0n) is 10.7. The minimum atomic E-state index is 0.0910. The predicted molar refractivity (Wildman–Crippen MR) is 74.9 cm³/mol. The van der Waals surface area contributed by atoms with Crippen molar-refractivity contribution in [2.24, 2.45) is 5.73 Å². The first-order valence-corrected chi connectivity index (χ1v) is 7.46. The summed E-state index contributed by atoms with van der Waals surface area (Å²) >= 11 is 1.90. The molecule has 96 valence electrons. The van der Waals surface area contributed by atoms with Crippen molar-refractivity contribution in [3.63, 3.8) is 0 Å². The lowest BCUT2D eigenvalue weighted by atomic mass is 10.1. The van der Waals surface area contributed by atoms with Gasteiger partial charge in [0.15, 0.2) is 0 Å². The molecule has 3 rings (SSSR count). The van der Waals surface area contributed by atoms with Crippen LogP contribution in [0.2, 0.25) is 0 Å². The molecule has 0 bridgehead atoms. The summed E-state index contributed by atoms with van der Waals surface area (Å²) in [5.74, 6) is 1.10. The third-order valence-electron chi connectivity index (χ3n) is 3.68. The average Bonchev–Trinajstić information content (AvgIpc) is 3.02. The van der Waals surface area contributed by atoms with E-state index in [1.165, 1.54) is 29.7 Å². The normalized spacial score (nSPS) is 15.9. The second-order valence-electron chi connectivity index (χ2n) is 4.89. The molecule has 2 heterocycles. The number of thiophene rings is 1. The molecule has 0 radical (unpaired) electrons. The van der Waals surface area contributed by atoms with Crippen molar-refractivity contribution < 1.29 is 0 Å². The second kappa shape index (κ2) is 4.86. The molecule has 18 heavy (non-hydrogen) atoms. The number of imidazole rings is 1. The lowest BCUT2D eigenvalue weighted by molar-refractivity contribution is 0.633. The van der Waals surface area contributed by atoms with Crippen LogP contribution in [0.15, 0.2) is 18.5 Å². The van der Waals surface area contributed by atoms with Crippen LogP contribution < -0.4 is 5.73 Å². The Balaban J connectivity index is 1.76. The second-order valence-corrected chi connectivity index (χ2v) is 6.06. The van der Waals surface area contributed by atoms with E-state index in [9.17, 15) is 0 Å². The van der Waals surface area contributed by atoms with Gasteiger partial charge in [0.2, 0.25) is 0 Å². The Morgan fingerprint density at radius 3 is 3.17 bits per heavy atom. The fourth-order valence-corrected chi connectivity index (χ4v) is 3.91. The van der Waals surface area contributed by atoms with Gasteiger partial charge in [0, 0.05) is 41.2 Å². The SMILES string of the molecule is CCn1ccnc1CC(N)c1cc2c(s1)CCC2. The highest BCUT2D eigenvalue weighted by molar-refractivity contribution is 7.12. The summed E-state index contributed by atoms with van der Waals surface area (Å²) < 4.78 is 2.17. The number of rotatable bonds is 4. The molecule has 4 heteroatoms. The fraction of sp³-hybridized carbons (Fsp3) is 0.500. The number of nitrogens with two attached hydrogens (primary N) is 1. The van der Waals surface area contributed by atoms with Gasteiger partial charge in [-0.25, -0.2) is 4.98 Å². The third kappa shape index (κ3) is 2.10. The molecule has 0 aromatic carbocycles. The summed E-state index contributed by atoms with van der Waals surface area (Å²) in [6.07, 6.45) is 8.52. The van der Waals surface area contributed by atoms with E-state index in [0.717, 1.165) is 18.8 Å². The van der Waals surface area contributed by atoms with Crippen molar-refractivity contribution in [2.75, 3.05) is 0 Å². The predicted octanol–water partition coefficient (Wildman–Crippen LogP) is 2.70. The number of nitrogens with zero attached hydrogens (tertiary/aromatic N) is 2. The van der Waals surface area contributed by atoms with E-state index in [0.29, 0.717) is 0 Å². The molecule has 0 aliphatic heterocycles. The Bertz CT molecular complexity index is 519. The Morgan fingerprint density at radius 1 is 1.50 bits per heavy atom. The Kier molecular flexibility index (Phi) is 3.22. The smallest absolute Gasteiger partial charge is 0.110 e. The lowest BCUT2D eigenvalue weighted by Crippen LogP contribution is -2.15. The third-order valence-corrected chi connectivity index (χ3v) is 5.04. The Hall–Kier alpha value is -1.13. The van der Waals surface area contributed by atoms with Gasteiger partial charge < -0.3 is 10.3 Å². The molecule has 2 N–H and O–H groups in total. The van der Waals surface area contributed by atoms with Crippen molar-refractivity contribution in [3.05, 3.63) is 39.6 Å². The van der Waals surface area contributed by atoms with Crippen molar-refractivity contribution in [1.82, 2.24) is 9.55 Å². The minimum Gasteiger partial charge on any atom is -0.335 e. The summed E-state index contributed by atoms with van der Waals surface area (Å²) in [6, 6.07) is 2.41. The van der Waals surface area contributed by atoms with Crippen molar-refractivity contribution >= 4 is 11.3 Å². The minimum absolute atomic E-state index is 0.0910. The number of aryl methyl sites for hydroxylation is 3. The number of aromatic nitrogens is 2. The fourth-order valence-electron chi connectivity index (χ4n) is 2.65.